The van der Waals surface area contributed by atoms with Crippen molar-refractivity contribution in [2.75, 3.05) is 6.61 Å². The van der Waals surface area contributed by atoms with Crippen molar-refractivity contribution in [3.63, 3.8) is 0 Å². The van der Waals surface area contributed by atoms with Gasteiger partial charge in [0, 0.05) is 6.61 Å². The number of hydrogen-bond donors (Lipinski definition) is 1. The normalized spacial score (nSPS) is 16.8. The molecule has 0 aliphatic carbocycles. The molecule has 0 aromatic heterocycles. The highest BCUT2D eigenvalue weighted by Crippen LogP contribution is 2.37. The van der Waals surface area contributed by atoms with Crippen molar-refractivity contribution >= 4 is 0 Å². The van der Waals surface area contributed by atoms with Gasteiger partial charge in [0.2, 0.25) is 0 Å². The molecule has 0 radical (unpaired) electrons. The molecule has 0 heterocycles. The second-order valence-corrected chi connectivity index (χ2v) is 5.74. The highest BCUT2D eigenvalue weighted by molar-refractivity contribution is 4.80. The zero-order valence-corrected chi connectivity index (χ0v) is 12.6. The molecule has 2 unspecified atom stereocenters. The third-order valence-electron chi connectivity index (χ3n) is 4.41. The van der Waals surface area contributed by atoms with Gasteiger partial charge in [0.25, 0.3) is 0 Å². The maximum atomic E-state index is 9.77. The fourth-order valence-electron chi connectivity index (χ4n) is 2.79. The van der Waals surface area contributed by atoms with E-state index in [9.17, 15) is 5.11 Å². The van der Waals surface area contributed by atoms with E-state index in [0.29, 0.717) is 6.61 Å². The van der Waals surface area contributed by atoms with Gasteiger partial charge in [-0.25, -0.2) is 0 Å². The molecule has 1 nitrogen and oxygen atoms in total. The van der Waals surface area contributed by atoms with Crippen LogP contribution in [0.1, 0.15) is 85.5 Å². The summed E-state index contributed by atoms with van der Waals surface area (Å²) in [5.74, 6) is 0.818. The van der Waals surface area contributed by atoms with Gasteiger partial charge in [-0.15, -0.1) is 0 Å². The standard InChI is InChI=1S/C16H34O/c1-5-9-11-15(7-3)13-16(8-4,14-17)12-10-6-2/h15,17H,5-14H2,1-4H3. The first kappa shape index (κ1) is 17.0. The zero-order chi connectivity index (χ0) is 13.1. The highest BCUT2D eigenvalue weighted by atomic mass is 16.3. The number of hydrogen-bond acceptors (Lipinski definition) is 1. The van der Waals surface area contributed by atoms with Crippen molar-refractivity contribution in [1.29, 1.82) is 0 Å². The third kappa shape index (κ3) is 6.45. The van der Waals surface area contributed by atoms with E-state index in [2.05, 4.69) is 27.7 Å². The third-order valence-corrected chi connectivity index (χ3v) is 4.41. The second-order valence-electron chi connectivity index (χ2n) is 5.74. The fraction of sp³-hybridized carbons (Fsp3) is 1.00. The summed E-state index contributed by atoms with van der Waals surface area (Å²) in [4.78, 5) is 0. The van der Waals surface area contributed by atoms with E-state index >= 15 is 0 Å². The van der Waals surface area contributed by atoms with Gasteiger partial charge in [0.1, 0.15) is 0 Å². The van der Waals surface area contributed by atoms with Crippen molar-refractivity contribution < 1.29 is 5.11 Å². The van der Waals surface area contributed by atoms with Gasteiger partial charge >= 0.3 is 0 Å². The lowest BCUT2D eigenvalue weighted by Crippen LogP contribution is -2.28. The molecule has 0 amide bonds. The van der Waals surface area contributed by atoms with Crippen molar-refractivity contribution in [2.24, 2.45) is 11.3 Å². The van der Waals surface area contributed by atoms with Crippen molar-refractivity contribution in [2.45, 2.75) is 85.5 Å². The molecular formula is C16H34O. The zero-order valence-electron chi connectivity index (χ0n) is 12.6. The summed E-state index contributed by atoms with van der Waals surface area (Å²) in [6.45, 7) is 9.44. The molecule has 104 valence electrons. The summed E-state index contributed by atoms with van der Waals surface area (Å²) >= 11 is 0. The molecule has 0 bridgehead atoms. The molecule has 0 saturated heterocycles. The lowest BCUT2D eigenvalue weighted by atomic mass is 9.72. The highest BCUT2D eigenvalue weighted by Gasteiger charge is 2.29. The van der Waals surface area contributed by atoms with Crippen molar-refractivity contribution in [3.05, 3.63) is 0 Å². The van der Waals surface area contributed by atoms with Gasteiger partial charge in [0.05, 0.1) is 0 Å². The number of aliphatic hydroxyl groups excluding tert-OH is 1. The lowest BCUT2D eigenvalue weighted by Gasteiger charge is -2.34. The molecule has 1 N–H and O–H groups in total. The quantitative estimate of drug-likeness (QED) is 0.530. The summed E-state index contributed by atoms with van der Waals surface area (Å²) < 4.78 is 0. The smallest absolute Gasteiger partial charge is 0.0487 e. The van der Waals surface area contributed by atoms with Crippen LogP contribution in [0.2, 0.25) is 0 Å². The number of rotatable bonds is 11. The van der Waals surface area contributed by atoms with Crippen LogP contribution in [0.15, 0.2) is 0 Å². The summed E-state index contributed by atoms with van der Waals surface area (Å²) in [7, 11) is 0. The number of unbranched alkanes of at least 4 members (excludes halogenated alkanes) is 2. The predicted octanol–water partition coefficient (Wildman–Crippen LogP) is 5.17. The van der Waals surface area contributed by atoms with E-state index in [1.165, 1.54) is 51.4 Å². The van der Waals surface area contributed by atoms with Crippen LogP contribution in [0.5, 0.6) is 0 Å². The van der Waals surface area contributed by atoms with Gasteiger partial charge < -0.3 is 5.11 Å². The molecule has 0 aromatic carbocycles. The van der Waals surface area contributed by atoms with Crippen LogP contribution >= 0.6 is 0 Å². The first-order valence-corrected chi connectivity index (χ1v) is 7.78. The average molecular weight is 242 g/mol. The Morgan fingerprint density at radius 2 is 1.65 bits per heavy atom. The Hall–Kier alpha value is -0.0400. The summed E-state index contributed by atoms with van der Waals surface area (Å²) in [6, 6.07) is 0. The maximum Gasteiger partial charge on any atom is 0.0487 e. The first-order chi connectivity index (χ1) is 8.17. The van der Waals surface area contributed by atoms with Gasteiger partial charge in [-0.05, 0) is 30.6 Å². The molecule has 0 aromatic rings. The molecule has 0 rings (SSSR count). The molecule has 0 fully saturated rings. The van der Waals surface area contributed by atoms with Crippen LogP contribution in [0.4, 0.5) is 0 Å². The molecule has 0 saturated carbocycles. The van der Waals surface area contributed by atoms with E-state index in [-0.39, 0.29) is 5.41 Å². The summed E-state index contributed by atoms with van der Waals surface area (Å²) in [5, 5.41) is 9.77. The van der Waals surface area contributed by atoms with Crippen LogP contribution in [-0.4, -0.2) is 11.7 Å². The molecule has 17 heavy (non-hydrogen) atoms. The van der Waals surface area contributed by atoms with E-state index in [4.69, 9.17) is 0 Å². The Morgan fingerprint density at radius 3 is 2.06 bits per heavy atom. The minimum atomic E-state index is 0.213. The average Bonchev–Trinajstić information content (AvgIpc) is 2.39. The molecular weight excluding hydrogens is 208 g/mol. The largest absolute Gasteiger partial charge is 0.396 e. The van der Waals surface area contributed by atoms with Crippen LogP contribution in [0.3, 0.4) is 0 Å². The van der Waals surface area contributed by atoms with Crippen LogP contribution < -0.4 is 0 Å². The molecule has 0 aliphatic rings. The van der Waals surface area contributed by atoms with Gasteiger partial charge in [0.15, 0.2) is 0 Å². The Kier molecular flexibility index (Phi) is 9.91. The molecule has 0 aliphatic heterocycles. The maximum absolute atomic E-state index is 9.77. The van der Waals surface area contributed by atoms with Gasteiger partial charge in [-0.2, -0.15) is 0 Å². The fourth-order valence-corrected chi connectivity index (χ4v) is 2.79. The van der Waals surface area contributed by atoms with E-state index < -0.39 is 0 Å². The SMILES string of the molecule is CCCCC(CC)CC(CC)(CO)CCCC. The van der Waals surface area contributed by atoms with Crippen LogP contribution in [-0.2, 0) is 0 Å². The lowest BCUT2D eigenvalue weighted by molar-refractivity contribution is 0.0757. The van der Waals surface area contributed by atoms with Crippen LogP contribution in [0, 0.1) is 11.3 Å². The number of aliphatic hydroxyl groups is 1. The van der Waals surface area contributed by atoms with Crippen molar-refractivity contribution in [3.8, 4) is 0 Å². The predicted molar refractivity (Wildman–Crippen MR) is 77.3 cm³/mol. The Balaban J connectivity index is 4.36. The Morgan fingerprint density at radius 1 is 1.00 bits per heavy atom. The van der Waals surface area contributed by atoms with E-state index in [1.54, 1.807) is 0 Å². The molecule has 0 spiro atoms. The summed E-state index contributed by atoms with van der Waals surface area (Å²) in [6.07, 6.45) is 11.3. The van der Waals surface area contributed by atoms with Crippen molar-refractivity contribution in [1.82, 2.24) is 0 Å². The van der Waals surface area contributed by atoms with Gasteiger partial charge in [-0.1, -0.05) is 66.2 Å². The van der Waals surface area contributed by atoms with E-state index in [0.717, 1.165) is 12.3 Å². The monoisotopic (exact) mass is 242 g/mol. The minimum Gasteiger partial charge on any atom is -0.396 e. The van der Waals surface area contributed by atoms with Gasteiger partial charge in [-0.3, -0.25) is 0 Å². The topological polar surface area (TPSA) is 20.2 Å². The summed E-state index contributed by atoms with van der Waals surface area (Å²) in [5.41, 5.74) is 0.213. The second kappa shape index (κ2) is 9.94. The molecule has 2 atom stereocenters. The first-order valence-electron chi connectivity index (χ1n) is 7.78. The van der Waals surface area contributed by atoms with E-state index in [1.807, 2.05) is 0 Å². The Bertz CT molecular complexity index is 161. The van der Waals surface area contributed by atoms with Crippen LogP contribution in [0.25, 0.3) is 0 Å². The minimum absolute atomic E-state index is 0.213. The molecule has 1 heteroatoms. The Labute approximate surface area is 109 Å².